The Balaban J connectivity index is 1.22. The third-order valence-corrected chi connectivity index (χ3v) is 14.1. The molecule has 69 heavy (non-hydrogen) atoms. The van der Waals surface area contributed by atoms with Crippen LogP contribution in [0.2, 0.25) is 0 Å². The summed E-state index contributed by atoms with van der Waals surface area (Å²) in [6.45, 7) is 14.1. The van der Waals surface area contributed by atoms with Crippen LogP contribution in [0.15, 0.2) is 224 Å². The van der Waals surface area contributed by atoms with Crippen molar-refractivity contribution in [1.29, 1.82) is 0 Å². The van der Waals surface area contributed by atoms with Gasteiger partial charge in [-0.05, 0) is 152 Å². The van der Waals surface area contributed by atoms with Crippen LogP contribution in [0.25, 0.3) is 21.5 Å². The van der Waals surface area contributed by atoms with Gasteiger partial charge in [0.25, 0.3) is 0 Å². The molecule has 0 spiro atoms. The lowest BCUT2D eigenvalue weighted by Gasteiger charge is -2.40. The lowest BCUT2D eigenvalue weighted by atomic mass is 9.33. The highest BCUT2D eigenvalue weighted by molar-refractivity contribution is 6.98. The molecule has 0 aliphatic carbocycles. The van der Waals surface area contributed by atoms with E-state index >= 15 is 0 Å². The second kappa shape index (κ2) is 18.4. The summed E-state index contributed by atoms with van der Waals surface area (Å²) in [5.74, 6) is 1.05. The minimum Gasteiger partial charge on any atom is -0.311 e. The summed E-state index contributed by atoms with van der Waals surface area (Å²) in [6.07, 6.45) is 0. The van der Waals surface area contributed by atoms with Gasteiger partial charge < -0.3 is 14.7 Å². The van der Waals surface area contributed by atoms with Crippen molar-refractivity contribution in [2.24, 2.45) is 0 Å². The first-order chi connectivity index (χ1) is 33.7. The van der Waals surface area contributed by atoms with Crippen LogP contribution in [0, 0.1) is 0 Å². The molecule has 0 fully saturated rings. The fourth-order valence-electron chi connectivity index (χ4n) is 10.7. The van der Waals surface area contributed by atoms with Gasteiger partial charge in [-0.3, -0.25) is 0 Å². The van der Waals surface area contributed by atoms with Crippen molar-refractivity contribution in [3.8, 4) is 0 Å². The smallest absolute Gasteiger partial charge is 0.247 e. The van der Waals surface area contributed by atoms with Crippen LogP contribution < -0.4 is 31.1 Å². The van der Waals surface area contributed by atoms with E-state index in [1.165, 1.54) is 66.0 Å². The molecule has 1 heterocycles. The Morgan fingerprint density at radius 3 is 1.14 bits per heavy atom. The first kappa shape index (κ1) is 43.7. The van der Waals surface area contributed by atoms with Gasteiger partial charge >= 0.3 is 0 Å². The fourth-order valence-corrected chi connectivity index (χ4v) is 10.7. The van der Waals surface area contributed by atoms with Crippen molar-refractivity contribution in [3.05, 3.63) is 241 Å². The Labute approximate surface area is 409 Å². The van der Waals surface area contributed by atoms with E-state index in [0.29, 0.717) is 17.8 Å². The van der Waals surface area contributed by atoms with Crippen molar-refractivity contribution in [2.75, 3.05) is 14.7 Å². The van der Waals surface area contributed by atoms with Gasteiger partial charge in [0.15, 0.2) is 0 Å². The molecular weight excluding hydrogens is 834 g/mol. The number of para-hydroxylation sites is 3. The second-order valence-corrected chi connectivity index (χ2v) is 19.6. The Kier molecular flexibility index (Phi) is 11.6. The van der Waals surface area contributed by atoms with Crippen LogP contribution in [0.1, 0.15) is 76.0 Å². The zero-order valence-electron chi connectivity index (χ0n) is 40.5. The molecule has 1 aliphatic heterocycles. The van der Waals surface area contributed by atoms with E-state index in [4.69, 9.17) is 0 Å². The molecular formula is C65H58BN3. The summed E-state index contributed by atoms with van der Waals surface area (Å²) in [4.78, 5) is 7.38. The third-order valence-electron chi connectivity index (χ3n) is 14.1. The van der Waals surface area contributed by atoms with Crippen molar-refractivity contribution >= 4 is 95.8 Å². The van der Waals surface area contributed by atoms with Crippen LogP contribution in [0.5, 0.6) is 0 Å². The number of hydrogen-bond acceptors (Lipinski definition) is 3. The third kappa shape index (κ3) is 8.14. The number of nitrogens with zero attached hydrogens (tertiary/aromatic N) is 3. The molecule has 0 N–H and O–H groups in total. The Bertz CT molecular complexity index is 3310. The van der Waals surface area contributed by atoms with E-state index < -0.39 is 0 Å². The lowest BCUT2D eigenvalue weighted by molar-refractivity contribution is 0.812. The van der Waals surface area contributed by atoms with Gasteiger partial charge in [-0.1, -0.05) is 187 Å². The van der Waals surface area contributed by atoms with E-state index in [-0.39, 0.29) is 6.71 Å². The van der Waals surface area contributed by atoms with Crippen LogP contribution in [-0.2, 0) is 0 Å². The van der Waals surface area contributed by atoms with Crippen molar-refractivity contribution in [3.63, 3.8) is 0 Å². The number of hydrogen-bond donors (Lipinski definition) is 0. The first-order valence-electron chi connectivity index (χ1n) is 24.7. The molecule has 336 valence electrons. The SMILES string of the molecule is CC(C)c1cc(C(C)C)c(B2c3ccc(N(c4ccccc4)c4ccccc4)cc3N(c3ccccc3)c3cc(N(c4ccc5ccccc5c4)c4ccc5ccccc5c4)ccc32)c(C(C)C)c1. The van der Waals surface area contributed by atoms with E-state index in [1.807, 2.05) is 0 Å². The lowest BCUT2D eigenvalue weighted by Crippen LogP contribution is -2.59. The van der Waals surface area contributed by atoms with Crippen LogP contribution in [0.4, 0.5) is 51.2 Å². The molecule has 0 saturated heterocycles. The highest BCUT2D eigenvalue weighted by Crippen LogP contribution is 2.45. The molecule has 0 atom stereocenters. The normalized spacial score (nSPS) is 12.2. The summed E-state index contributed by atoms with van der Waals surface area (Å²) >= 11 is 0. The van der Waals surface area contributed by atoms with Crippen molar-refractivity contribution in [1.82, 2.24) is 0 Å². The molecule has 1 aliphatic rings. The highest BCUT2D eigenvalue weighted by Gasteiger charge is 2.39. The van der Waals surface area contributed by atoms with Gasteiger partial charge in [-0.2, -0.15) is 0 Å². The van der Waals surface area contributed by atoms with Crippen molar-refractivity contribution < 1.29 is 0 Å². The minimum absolute atomic E-state index is 0.0363. The van der Waals surface area contributed by atoms with Gasteiger partial charge in [-0.15, -0.1) is 0 Å². The summed E-state index contributed by atoms with van der Waals surface area (Å²) in [5, 5.41) is 4.86. The number of fused-ring (bicyclic) bond motifs is 4. The number of benzene rings is 10. The molecule has 0 aromatic heterocycles. The molecule has 4 heteroatoms. The average molecular weight is 892 g/mol. The van der Waals surface area contributed by atoms with E-state index in [1.54, 1.807) is 0 Å². The zero-order chi connectivity index (χ0) is 47.2. The molecule has 0 amide bonds. The van der Waals surface area contributed by atoms with Gasteiger partial charge in [0.2, 0.25) is 6.71 Å². The molecule has 10 aromatic carbocycles. The van der Waals surface area contributed by atoms with Gasteiger partial charge in [0.05, 0.1) is 0 Å². The molecule has 0 bridgehead atoms. The number of rotatable bonds is 11. The Hall–Kier alpha value is -7.82. The summed E-state index contributed by atoms with van der Waals surface area (Å²) in [5.41, 5.74) is 18.4. The zero-order valence-corrected chi connectivity index (χ0v) is 40.5. The van der Waals surface area contributed by atoms with E-state index in [9.17, 15) is 0 Å². The maximum Gasteiger partial charge on any atom is 0.247 e. The summed E-state index contributed by atoms with van der Waals surface area (Å²) in [7, 11) is 0. The van der Waals surface area contributed by atoms with Crippen LogP contribution in [-0.4, -0.2) is 6.71 Å². The van der Waals surface area contributed by atoms with Gasteiger partial charge in [-0.25, -0.2) is 0 Å². The molecule has 3 nitrogen and oxygen atoms in total. The quantitative estimate of drug-likeness (QED) is 0.120. The second-order valence-electron chi connectivity index (χ2n) is 19.6. The fraction of sp³-hybridized carbons (Fsp3) is 0.138. The molecule has 0 unspecified atom stereocenters. The van der Waals surface area contributed by atoms with Crippen molar-refractivity contribution in [2.45, 2.75) is 59.3 Å². The molecule has 0 saturated carbocycles. The maximum atomic E-state index is 2.54. The Morgan fingerprint density at radius 2 is 0.710 bits per heavy atom. The topological polar surface area (TPSA) is 9.72 Å². The molecule has 10 aromatic rings. The minimum atomic E-state index is -0.0363. The maximum absolute atomic E-state index is 2.54. The summed E-state index contributed by atoms with van der Waals surface area (Å²) < 4.78 is 0. The average Bonchev–Trinajstić information content (AvgIpc) is 3.38. The van der Waals surface area contributed by atoms with Gasteiger partial charge in [0.1, 0.15) is 0 Å². The molecule has 11 rings (SSSR count). The molecule has 0 radical (unpaired) electrons. The van der Waals surface area contributed by atoms with Crippen LogP contribution >= 0.6 is 0 Å². The standard InChI is InChI=1S/C65H58BN3/c1-44(2)51-40-59(45(3)4)65(60(41-51)46(5)6)66-61-36-34-57(67(52-24-10-7-11-25-52)53-26-12-8-13-27-53)42-63(61)69(54-28-14-9-15-29-54)64-43-58(35-37-62(64)66)68(55-32-30-47-20-16-18-22-49(47)38-55)56-33-31-48-21-17-19-23-50(48)39-56/h7-46H,1-6H3. The van der Waals surface area contributed by atoms with Crippen LogP contribution in [0.3, 0.4) is 0 Å². The number of anilines is 9. The van der Waals surface area contributed by atoms with E-state index in [2.05, 4.69) is 281 Å². The highest BCUT2D eigenvalue weighted by atomic mass is 15.2. The largest absolute Gasteiger partial charge is 0.311 e. The predicted octanol–water partition coefficient (Wildman–Crippen LogP) is 16.6. The summed E-state index contributed by atoms with van der Waals surface area (Å²) in [6, 6.07) is 83.2. The monoisotopic (exact) mass is 891 g/mol. The first-order valence-corrected chi connectivity index (χ1v) is 24.7. The van der Waals surface area contributed by atoms with E-state index in [0.717, 1.165) is 39.8 Å². The Morgan fingerprint density at radius 1 is 0.333 bits per heavy atom. The predicted molar refractivity (Wildman–Crippen MR) is 299 cm³/mol. The van der Waals surface area contributed by atoms with Gasteiger partial charge in [0, 0.05) is 51.2 Å².